The van der Waals surface area contributed by atoms with Crippen LogP contribution in [0.5, 0.6) is 0 Å². The number of nitrogens with one attached hydrogen (secondary N) is 2. The summed E-state index contributed by atoms with van der Waals surface area (Å²) in [6.07, 6.45) is 6.23. The number of rotatable bonds is 4. The predicted molar refractivity (Wildman–Crippen MR) is 85.0 cm³/mol. The molecule has 2 aliphatic rings. The zero-order chi connectivity index (χ0) is 15.5. The highest BCUT2D eigenvalue weighted by atomic mass is 16.3. The Morgan fingerprint density at radius 2 is 2.00 bits per heavy atom. The van der Waals surface area contributed by atoms with Gasteiger partial charge in [-0.15, -0.1) is 0 Å². The van der Waals surface area contributed by atoms with Gasteiger partial charge in [-0.2, -0.15) is 0 Å². The largest absolute Gasteiger partial charge is 0.394 e. The molecule has 0 aromatic rings. The van der Waals surface area contributed by atoms with Crippen molar-refractivity contribution >= 4 is 5.91 Å². The van der Waals surface area contributed by atoms with Crippen molar-refractivity contribution in [3.63, 3.8) is 0 Å². The van der Waals surface area contributed by atoms with E-state index < -0.39 is 0 Å². The topological polar surface area (TPSA) is 61.4 Å². The second kappa shape index (κ2) is 6.66. The van der Waals surface area contributed by atoms with Crippen LogP contribution in [0.25, 0.3) is 0 Å². The molecule has 0 radical (unpaired) electrons. The highest BCUT2D eigenvalue weighted by molar-refractivity contribution is 5.83. The van der Waals surface area contributed by atoms with Crippen molar-refractivity contribution < 1.29 is 9.90 Å². The number of carbonyl (C=O) groups is 1. The molecule has 122 valence electrons. The van der Waals surface area contributed by atoms with Crippen molar-refractivity contribution in [2.75, 3.05) is 19.7 Å². The van der Waals surface area contributed by atoms with Crippen LogP contribution in [0.3, 0.4) is 0 Å². The van der Waals surface area contributed by atoms with Gasteiger partial charge in [0.1, 0.15) is 0 Å². The van der Waals surface area contributed by atoms with Gasteiger partial charge in [0.25, 0.3) is 0 Å². The Morgan fingerprint density at radius 1 is 1.33 bits per heavy atom. The molecule has 1 amide bonds. The fraction of sp³-hybridized carbons (Fsp3) is 0.941. The molecule has 1 saturated carbocycles. The number of amides is 1. The first-order chi connectivity index (χ1) is 9.89. The van der Waals surface area contributed by atoms with Crippen LogP contribution >= 0.6 is 0 Å². The van der Waals surface area contributed by atoms with E-state index in [9.17, 15) is 9.90 Å². The average Bonchev–Trinajstić information content (AvgIpc) is 2.50. The number of piperidine rings is 1. The smallest absolute Gasteiger partial charge is 0.226 e. The Balaban J connectivity index is 2.01. The molecular weight excluding hydrogens is 264 g/mol. The van der Waals surface area contributed by atoms with Crippen LogP contribution < -0.4 is 10.6 Å². The highest BCUT2D eigenvalue weighted by Crippen LogP contribution is 2.36. The minimum atomic E-state index is -0.386. The Bertz CT molecular complexity index is 354. The molecule has 1 saturated heterocycles. The Kier molecular flexibility index (Phi) is 5.31. The van der Waals surface area contributed by atoms with E-state index >= 15 is 0 Å². The first-order valence-electron chi connectivity index (χ1n) is 8.54. The third-order valence-corrected chi connectivity index (χ3v) is 5.82. The first-order valence-corrected chi connectivity index (χ1v) is 8.54. The minimum absolute atomic E-state index is 0.0600. The van der Waals surface area contributed by atoms with Crippen molar-refractivity contribution in [2.45, 2.75) is 64.8 Å². The molecule has 1 aliphatic carbocycles. The van der Waals surface area contributed by atoms with E-state index in [0.29, 0.717) is 11.8 Å². The van der Waals surface area contributed by atoms with Crippen LogP contribution in [0.4, 0.5) is 0 Å². The van der Waals surface area contributed by atoms with E-state index in [4.69, 9.17) is 0 Å². The summed E-state index contributed by atoms with van der Waals surface area (Å²) in [6, 6.07) is 0. The monoisotopic (exact) mass is 296 g/mol. The van der Waals surface area contributed by atoms with Gasteiger partial charge in [0.05, 0.1) is 12.1 Å². The quantitative estimate of drug-likeness (QED) is 0.744. The van der Waals surface area contributed by atoms with Gasteiger partial charge in [-0.3, -0.25) is 4.79 Å². The van der Waals surface area contributed by atoms with Crippen LogP contribution in [0.15, 0.2) is 0 Å². The lowest BCUT2D eigenvalue weighted by molar-refractivity contribution is -0.136. The molecule has 2 rings (SSSR count). The standard InChI is InChI=1S/C17H32N2O2/c1-13-6-8-17(12-20,9-7-13)19-15(21)16(2,3)14-5-4-10-18-11-14/h13-14,18,20H,4-12H2,1-3H3,(H,19,21). The summed E-state index contributed by atoms with van der Waals surface area (Å²) in [6.45, 7) is 8.40. The predicted octanol–water partition coefficient (Wildman–Crippen LogP) is 2.07. The van der Waals surface area contributed by atoms with Crippen LogP contribution in [-0.4, -0.2) is 36.2 Å². The Hall–Kier alpha value is -0.610. The van der Waals surface area contributed by atoms with E-state index in [2.05, 4.69) is 31.4 Å². The van der Waals surface area contributed by atoms with Crippen molar-refractivity contribution in [3.8, 4) is 0 Å². The maximum Gasteiger partial charge on any atom is 0.226 e. The first kappa shape index (κ1) is 16.8. The molecule has 3 N–H and O–H groups in total. The fourth-order valence-electron chi connectivity index (χ4n) is 3.69. The minimum Gasteiger partial charge on any atom is -0.394 e. The summed E-state index contributed by atoms with van der Waals surface area (Å²) in [5.74, 6) is 1.20. The third-order valence-electron chi connectivity index (χ3n) is 5.82. The molecule has 1 unspecified atom stereocenters. The number of carbonyl (C=O) groups excluding carboxylic acids is 1. The summed E-state index contributed by atoms with van der Waals surface area (Å²) in [4.78, 5) is 12.8. The molecule has 21 heavy (non-hydrogen) atoms. The molecule has 4 heteroatoms. The average molecular weight is 296 g/mol. The lowest BCUT2D eigenvalue weighted by Gasteiger charge is -2.43. The van der Waals surface area contributed by atoms with Gasteiger partial charge in [-0.25, -0.2) is 0 Å². The summed E-state index contributed by atoms with van der Waals surface area (Å²) in [5.41, 5.74) is -0.762. The lowest BCUT2D eigenvalue weighted by Crippen LogP contribution is -2.58. The van der Waals surface area contributed by atoms with Crippen LogP contribution in [-0.2, 0) is 4.79 Å². The van der Waals surface area contributed by atoms with E-state index in [-0.39, 0.29) is 23.5 Å². The number of hydrogen-bond acceptors (Lipinski definition) is 3. The molecular formula is C17H32N2O2. The second-order valence-electron chi connectivity index (χ2n) is 7.84. The molecule has 0 aromatic carbocycles. The van der Waals surface area contributed by atoms with Crippen molar-refractivity contribution in [1.29, 1.82) is 0 Å². The molecule has 2 fully saturated rings. The summed E-state index contributed by atoms with van der Waals surface area (Å²) in [7, 11) is 0. The zero-order valence-electron chi connectivity index (χ0n) is 13.9. The van der Waals surface area contributed by atoms with Crippen molar-refractivity contribution in [3.05, 3.63) is 0 Å². The summed E-state index contributed by atoms with van der Waals surface area (Å²) < 4.78 is 0. The maximum atomic E-state index is 12.8. The molecule has 0 spiro atoms. The Morgan fingerprint density at radius 3 is 2.52 bits per heavy atom. The van der Waals surface area contributed by atoms with Crippen molar-refractivity contribution in [1.82, 2.24) is 10.6 Å². The van der Waals surface area contributed by atoms with Crippen LogP contribution in [0.1, 0.15) is 59.3 Å². The van der Waals surface area contributed by atoms with Crippen LogP contribution in [0.2, 0.25) is 0 Å². The van der Waals surface area contributed by atoms with Gasteiger partial charge in [-0.1, -0.05) is 20.8 Å². The molecule has 1 atom stereocenters. The van der Waals surface area contributed by atoms with E-state index in [1.165, 1.54) is 0 Å². The van der Waals surface area contributed by atoms with E-state index in [1.54, 1.807) is 0 Å². The Labute approximate surface area is 129 Å². The van der Waals surface area contributed by atoms with Gasteiger partial charge in [-0.05, 0) is 63.5 Å². The zero-order valence-corrected chi connectivity index (χ0v) is 13.9. The van der Waals surface area contributed by atoms with E-state index in [0.717, 1.165) is 51.6 Å². The lowest BCUT2D eigenvalue weighted by atomic mass is 9.72. The number of aliphatic hydroxyl groups is 1. The SMILES string of the molecule is CC1CCC(CO)(NC(=O)C(C)(C)C2CCCNC2)CC1. The second-order valence-corrected chi connectivity index (χ2v) is 7.84. The molecule has 0 bridgehead atoms. The van der Waals surface area contributed by atoms with Gasteiger partial charge in [0.15, 0.2) is 0 Å². The third kappa shape index (κ3) is 3.78. The number of hydrogen-bond donors (Lipinski definition) is 3. The summed E-state index contributed by atoms with van der Waals surface area (Å²) in [5, 5.41) is 16.4. The molecule has 4 nitrogen and oxygen atoms in total. The summed E-state index contributed by atoms with van der Waals surface area (Å²) >= 11 is 0. The molecule has 1 heterocycles. The number of aliphatic hydroxyl groups excluding tert-OH is 1. The van der Waals surface area contributed by atoms with E-state index in [1.807, 2.05) is 0 Å². The van der Waals surface area contributed by atoms with Gasteiger partial charge >= 0.3 is 0 Å². The van der Waals surface area contributed by atoms with Crippen molar-refractivity contribution in [2.24, 2.45) is 17.3 Å². The molecule has 0 aromatic heterocycles. The highest BCUT2D eigenvalue weighted by Gasteiger charge is 2.42. The van der Waals surface area contributed by atoms with Gasteiger partial charge < -0.3 is 15.7 Å². The van der Waals surface area contributed by atoms with Gasteiger partial charge in [0.2, 0.25) is 5.91 Å². The van der Waals surface area contributed by atoms with Crippen LogP contribution in [0, 0.1) is 17.3 Å². The maximum absolute atomic E-state index is 12.8. The molecule has 1 aliphatic heterocycles. The normalized spacial score (nSPS) is 34.5. The van der Waals surface area contributed by atoms with Gasteiger partial charge in [0, 0.05) is 5.41 Å². The fourth-order valence-corrected chi connectivity index (χ4v) is 3.69.